The highest BCUT2D eigenvalue weighted by Gasteiger charge is 2.18. The minimum absolute atomic E-state index is 0.168. The predicted octanol–water partition coefficient (Wildman–Crippen LogP) is 2.30. The second kappa shape index (κ2) is 6.60. The summed E-state index contributed by atoms with van der Waals surface area (Å²) < 4.78 is 10.7. The van der Waals surface area contributed by atoms with Crippen LogP contribution >= 0.6 is 0 Å². The SMILES string of the molecule is COc1ccc(-c2nnc(CCC(=O)N3CCCC3)o2)cc1. The van der Waals surface area contributed by atoms with Gasteiger partial charge in [-0.2, -0.15) is 0 Å². The zero-order valence-corrected chi connectivity index (χ0v) is 12.6. The molecular weight excluding hydrogens is 282 g/mol. The molecule has 1 fully saturated rings. The Morgan fingerprint density at radius 2 is 1.95 bits per heavy atom. The highest BCUT2D eigenvalue weighted by molar-refractivity contribution is 5.76. The van der Waals surface area contributed by atoms with Crippen molar-refractivity contribution in [3.8, 4) is 17.2 Å². The molecule has 6 heteroatoms. The maximum Gasteiger partial charge on any atom is 0.247 e. The molecule has 1 aromatic carbocycles. The maximum atomic E-state index is 12.0. The van der Waals surface area contributed by atoms with E-state index in [0.29, 0.717) is 24.6 Å². The summed E-state index contributed by atoms with van der Waals surface area (Å²) in [5.41, 5.74) is 0.838. The van der Waals surface area contributed by atoms with Crippen LogP contribution in [0.5, 0.6) is 5.75 Å². The van der Waals surface area contributed by atoms with Crippen molar-refractivity contribution in [3.63, 3.8) is 0 Å². The predicted molar refractivity (Wildman–Crippen MR) is 80.4 cm³/mol. The number of rotatable bonds is 5. The number of likely N-dealkylation sites (tertiary alicyclic amines) is 1. The molecule has 1 aliphatic rings. The lowest BCUT2D eigenvalue weighted by atomic mass is 10.2. The highest BCUT2D eigenvalue weighted by atomic mass is 16.5. The molecule has 0 saturated carbocycles. The Morgan fingerprint density at radius 1 is 1.23 bits per heavy atom. The number of hydrogen-bond donors (Lipinski definition) is 0. The summed E-state index contributed by atoms with van der Waals surface area (Å²) in [6.45, 7) is 1.75. The molecule has 116 valence electrons. The first-order valence-corrected chi connectivity index (χ1v) is 7.51. The van der Waals surface area contributed by atoms with Crippen molar-refractivity contribution in [3.05, 3.63) is 30.2 Å². The average molecular weight is 301 g/mol. The first kappa shape index (κ1) is 14.6. The third-order valence-corrected chi connectivity index (χ3v) is 3.82. The third-order valence-electron chi connectivity index (χ3n) is 3.82. The third kappa shape index (κ3) is 3.27. The van der Waals surface area contributed by atoms with Crippen LogP contribution in [0.15, 0.2) is 28.7 Å². The van der Waals surface area contributed by atoms with Gasteiger partial charge in [0, 0.05) is 31.5 Å². The lowest BCUT2D eigenvalue weighted by Crippen LogP contribution is -2.27. The summed E-state index contributed by atoms with van der Waals surface area (Å²) >= 11 is 0. The quantitative estimate of drug-likeness (QED) is 0.847. The molecule has 0 N–H and O–H groups in total. The van der Waals surface area contributed by atoms with Crippen molar-refractivity contribution in [2.45, 2.75) is 25.7 Å². The first-order valence-electron chi connectivity index (χ1n) is 7.51. The van der Waals surface area contributed by atoms with E-state index in [0.717, 1.165) is 37.2 Å². The molecule has 1 aliphatic heterocycles. The van der Waals surface area contributed by atoms with Crippen molar-refractivity contribution in [2.24, 2.45) is 0 Å². The van der Waals surface area contributed by atoms with Crippen LogP contribution in [0.4, 0.5) is 0 Å². The number of hydrogen-bond acceptors (Lipinski definition) is 5. The van der Waals surface area contributed by atoms with E-state index in [1.807, 2.05) is 29.2 Å². The van der Waals surface area contributed by atoms with E-state index in [1.165, 1.54) is 0 Å². The molecule has 1 saturated heterocycles. The minimum atomic E-state index is 0.168. The topological polar surface area (TPSA) is 68.5 Å². The van der Waals surface area contributed by atoms with Gasteiger partial charge in [-0.3, -0.25) is 4.79 Å². The number of carbonyl (C=O) groups excluding carboxylic acids is 1. The van der Waals surface area contributed by atoms with Crippen LogP contribution in [0.25, 0.3) is 11.5 Å². The summed E-state index contributed by atoms with van der Waals surface area (Å²) in [4.78, 5) is 13.9. The average Bonchev–Trinajstić information content (AvgIpc) is 3.24. The van der Waals surface area contributed by atoms with Gasteiger partial charge in [0.15, 0.2) is 0 Å². The van der Waals surface area contributed by atoms with Gasteiger partial charge in [-0.15, -0.1) is 10.2 Å². The summed E-state index contributed by atoms with van der Waals surface area (Å²) in [5, 5.41) is 8.05. The molecule has 0 spiro atoms. The maximum absolute atomic E-state index is 12.0. The number of carbonyl (C=O) groups is 1. The molecule has 1 aromatic heterocycles. The number of aryl methyl sites for hydroxylation is 1. The molecule has 0 bridgehead atoms. The van der Waals surface area contributed by atoms with Crippen molar-refractivity contribution < 1.29 is 13.9 Å². The van der Waals surface area contributed by atoms with Gasteiger partial charge in [0.25, 0.3) is 0 Å². The van der Waals surface area contributed by atoms with Crippen molar-refractivity contribution in [2.75, 3.05) is 20.2 Å². The zero-order valence-electron chi connectivity index (χ0n) is 12.6. The molecule has 1 amide bonds. The van der Waals surface area contributed by atoms with Crippen LogP contribution in [0, 0.1) is 0 Å². The monoisotopic (exact) mass is 301 g/mol. The fourth-order valence-corrected chi connectivity index (χ4v) is 2.54. The van der Waals surface area contributed by atoms with Crippen molar-refractivity contribution >= 4 is 5.91 Å². The standard InChI is InChI=1S/C16H19N3O3/c1-21-13-6-4-12(5-7-13)16-18-17-14(22-16)8-9-15(20)19-10-2-3-11-19/h4-7H,2-3,8-11H2,1H3. The van der Waals surface area contributed by atoms with E-state index in [4.69, 9.17) is 9.15 Å². The molecule has 2 heterocycles. The van der Waals surface area contributed by atoms with Crippen LogP contribution in [-0.4, -0.2) is 41.2 Å². The Labute approximate surface area is 129 Å². The van der Waals surface area contributed by atoms with Gasteiger partial charge in [0.05, 0.1) is 7.11 Å². The van der Waals surface area contributed by atoms with Crippen LogP contribution in [0.3, 0.4) is 0 Å². The number of amides is 1. The Bertz CT molecular complexity index is 630. The van der Waals surface area contributed by atoms with Gasteiger partial charge in [-0.25, -0.2) is 0 Å². The van der Waals surface area contributed by atoms with Crippen molar-refractivity contribution in [1.82, 2.24) is 15.1 Å². The second-order valence-electron chi connectivity index (χ2n) is 5.32. The lowest BCUT2D eigenvalue weighted by molar-refractivity contribution is -0.130. The number of methoxy groups -OCH3 is 1. The molecule has 22 heavy (non-hydrogen) atoms. The minimum Gasteiger partial charge on any atom is -0.497 e. The Kier molecular flexibility index (Phi) is 4.37. The van der Waals surface area contributed by atoms with Crippen LogP contribution in [-0.2, 0) is 11.2 Å². The van der Waals surface area contributed by atoms with Crippen molar-refractivity contribution in [1.29, 1.82) is 0 Å². The lowest BCUT2D eigenvalue weighted by Gasteiger charge is -2.13. The van der Waals surface area contributed by atoms with Gasteiger partial charge in [0.1, 0.15) is 5.75 Å². The second-order valence-corrected chi connectivity index (χ2v) is 5.32. The van der Waals surface area contributed by atoms with E-state index in [2.05, 4.69) is 10.2 Å². The van der Waals surface area contributed by atoms with Gasteiger partial charge in [0.2, 0.25) is 17.7 Å². The van der Waals surface area contributed by atoms with Gasteiger partial charge >= 0.3 is 0 Å². The number of aromatic nitrogens is 2. The fraction of sp³-hybridized carbons (Fsp3) is 0.438. The number of ether oxygens (including phenoxy) is 1. The van der Waals surface area contributed by atoms with E-state index in [9.17, 15) is 4.79 Å². The molecule has 6 nitrogen and oxygen atoms in total. The molecule has 0 atom stereocenters. The summed E-state index contributed by atoms with van der Waals surface area (Å²) in [5.74, 6) is 1.91. The Balaban J connectivity index is 1.59. The van der Waals surface area contributed by atoms with E-state index in [1.54, 1.807) is 7.11 Å². The molecule has 2 aromatic rings. The van der Waals surface area contributed by atoms with E-state index < -0.39 is 0 Å². The fourth-order valence-electron chi connectivity index (χ4n) is 2.54. The Hall–Kier alpha value is -2.37. The summed E-state index contributed by atoms with van der Waals surface area (Å²) in [6.07, 6.45) is 3.12. The van der Waals surface area contributed by atoms with Crippen LogP contribution in [0.1, 0.15) is 25.2 Å². The number of nitrogens with zero attached hydrogens (tertiary/aromatic N) is 3. The molecule has 3 rings (SSSR count). The number of benzene rings is 1. The highest BCUT2D eigenvalue weighted by Crippen LogP contribution is 2.21. The Morgan fingerprint density at radius 3 is 2.64 bits per heavy atom. The summed E-state index contributed by atoms with van der Waals surface area (Å²) in [6, 6.07) is 7.42. The van der Waals surface area contributed by atoms with Gasteiger partial charge in [-0.05, 0) is 37.1 Å². The largest absolute Gasteiger partial charge is 0.497 e. The normalized spacial score (nSPS) is 14.3. The molecule has 0 radical (unpaired) electrons. The smallest absolute Gasteiger partial charge is 0.247 e. The molecular formula is C16H19N3O3. The van der Waals surface area contributed by atoms with E-state index in [-0.39, 0.29) is 5.91 Å². The van der Waals surface area contributed by atoms with Crippen LogP contribution in [0.2, 0.25) is 0 Å². The molecule has 0 aliphatic carbocycles. The first-order chi connectivity index (χ1) is 10.8. The van der Waals surface area contributed by atoms with Gasteiger partial charge in [-0.1, -0.05) is 0 Å². The zero-order chi connectivity index (χ0) is 15.4. The molecule has 0 unspecified atom stereocenters. The van der Waals surface area contributed by atoms with Crippen LogP contribution < -0.4 is 4.74 Å². The van der Waals surface area contributed by atoms with Gasteiger partial charge < -0.3 is 14.1 Å². The summed E-state index contributed by atoms with van der Waals surface area (Å²) in [7, 11) is 1.62. The van der Waals surface area contributed by atoms with E-state index >= 15 is 0 Å².